The molecule has 1 aliphatic rings. The van der Waals surface area contributed by atoms with Crippen molar-refractivity contribution in [3.63, 3.8) is 0 Å². The highest BCUT2D eigenvalue weighted by atomic mass is 14.9. The van der Waals surface area contributed by atoms with Crippen molar-refractivity contribution in [2.75, 3.05) is 6.54 Å². The smallest absolute Gasteiger partial charge is 0.0592 e. The number of hydrogen-bond acceptors (Lipinski definition) is 2. The number of rotatable bonds is 5. The van der Waals surface area contributed by atoms with Gasteiger partial charge in [-0.25, -0.2) is 0 Å². The van der Waals surface area contributed by atoms with Crippen LogP contribution in [-0.2, 0) is 0 Å². The molecule has 0 amide bonds. The molecule has 21 heavy (non-hydrogen) atoms. The fraction of sp³-hybridized carbons (Fsp3) is 0.421. The number of benzene rings is 1. The van der Waals surface area contributed by atoms with Crippen LogP contribution in [0.4, 0.5) is 0 Å². The van der Waals surface area contributed by atoms with Gasteiger partial charge >= 0.3 is 0 Å². The van der Waals surface area contributed by atoms with Gasteiger partial charge in [-0.3, -0.25) is 4.98 Å². The second-order valence-electron chi connectivity index (χ2n) is 6.08. The van der Waals surface area contributed by atoms with E-state index in [0.29, 0.717) is 0 Å². The number of nitrogens with one attached hydrogen (secondary N) is 1. The molecule has 0 saturated heterocycles. The van der Waals surface area contributed by atoms with Crippen LogP contribution in [0.1, 0.15) is 60.4 Å². The molecule has 1 saturated carbocycles. The largest absolute Gasteiger partial charge is 0.306 e. The summed E-state index contributed by atoms with van der Waals surface area (Å²) in [5.74, 6) is 0.780. The highest BCUT2D eigenvalue weighted by molar-refractivity contribution is 5.36. The quantitative estimate of drug-likeness (QED) is 0.880. The van der Waals surface area contributed by atoms with E-state index in [2.05, 4.69) is 54.5 Å². The van der Waals surface area contributed by atoms with Crippen LogP contribution in [0.5, 0.6) is 0 Å². The Morgan fingerprint density at radius 1 is 1.19 bits per heavy atom. The normalized spacial score (nSPS) is 16.5. The molecule has 3 rings (SSSR count). The Hall–Kier alpha value is -1.67. The molecule has 0 aliphatic heterocycles. The molecule has 0 bridgehead atoms. The average Bonchev–Trinajstić information content (AvgIpc) is 2.43. The van der Waals surface area contributed by atoms with Crippen LogP contribution in [0, 0.1) is 6.92 Å². The Labute approximate surface area is 127 Å². The predicted molar refractivity (Wildman–Crippen MR) is 87.5 cm³/mol. The molecular weight excluding hydrogens is 256 g/mol. The van der Waals surface area contributed by atoms with Gasteiger partial charge in [-0.05, 0) is 54.5 Å². The maximum Gasteiger partial charge on any atom is 0.0592 e. The topological polar surface area (TPSA) is 24.9 Å². The number of aryl methyl sites for hydroxylation is 1. The lowest BCUT2D eigenvalue weighted by molar-refractivity contribution is 0.419. The SMILES string of the molecule is CCNC(c1cncc(C)c1)c1cccc(C2CCC2)c1. The van der Waals surface area contributed by atoms with Crippen molar-refractivity contribution in [3.8, 4) is 0 Å². The number of nitrogens with zero attached hydrogens (tertiary/aromatic N) is 1. The van der Waals surface area contributed by atoms with E-state index in [1.54, 1.807) is 0 Å². The van der Waals surface area contributed by atoms with Crippen LogP contribution in [0.25, 0.3) is 0 Å². The Morgan fingerprint density at radius 3 is 2.71 bits per heavy atom. The van der Waals surface area contributed by atoms with Gasteiger partial charge in [0.05, 0.1) is 6.04 Å². The van der Waals surface area contributed by atoms with Gasteiger partial charge in [-0.2, -0.15) is 0 Å². The number of pyridine rings is 1. The molecule has 2 heteroatoms. The first-order valence-corrected chi connectivity index (χ1v) is 8.02. The summed E-state index contributed by atoms with van der Waals surface area (Å²) in [6.45, 7) is 5.21. The van der Waals surface area contributed by atoms with Crippen LogP contribution in [0.15, 0.2) is 42.7 Å². The van der Waals surface area contributed by atoms with Gasteiger partial charge in [-0.1, -0.05) is 43.7 Å². The molecule has 1 aromatic heterocycles. The molecule has 2 nitrogen and oxygen atoms in total. The second-order valence-corrected chi connectivity index (χ2v) is 6.08. The lowest BCUT2D eigenvalue weighted by Gasteiger charge is -2.27. The van der Waals surface area contributed by atoms with Crippen molar-refractivity contribution in [3.05, 3.63) is 65.0 Å². The molecule has 1 aliphatic carbocycles. The molecule has 0 spiro atoms. The first-order valence-electron chi connectivity index (χ1n) is 8.02. The summed E-state index contributed by atoms with van der Waals surface area (Å²) in [6.07, 6.45) is 7.98. The Bertz CT molecular complexity index is 602. The predicted octanol–water partition coefficient (Wildman–Crippen LogP) is 4.36. The molecule has 1 atom stereocenters. The highest BCUT2D eigenvalue weighted by Crippen LogP contribution is 2.37. The van der Waals surface area contributed by atoms with E-state index in [1.165, 1.54) is 41.5 Å². The Balaban J connectivity index is 1.93. The van der Waals surface area contributed by atoms with Gasteiger partial charge in [0.2, 0.25) is 0 Å². The van der Waals surface area contributed by atoms with E-state index in [1.807, 2.05) is 12.4 Å². The lowest BCUT2D eigenvalue weighted by atomic mass is 9.79. The summed E-state index contributed by atoms with van der Waals surface area (Å²) >= 11 is 0. The van der Waals surface area contributed by atoms with Crippen LogP contribution in [0.3, 0.4) is 0 Å². The number of hydrogen-bond donors (Lipinski definition) is 1. The second kappa shape index (κ2) is 6.40. The third-order valence-corrected chi connectivity index (χ3v) is 4.46. The molecular formula is C19H24N2. The average molecular weight is 280 g/mol. The van der Waals surface area contributed by atoms with Crippen molar-refractivity contribution in [1.82, 2.24) is 10.3 Å². The Kier molecular flexibility index (Phi) is 4.35. The standard InChI is InChI=1S/C19H24N2/c1-3-21-19(18-10-14(2)12-20-13-18)17-9-5-8-16(11-17)15-6-4-7-15/h5,8-13,15,19,21H,3-4,6-7H2,1-2H3. The zero-order chi connectivity index (χ0) is 14.7. The van der Waals surface area contributed by atoms with Crippen molar-refractivity contribution in [2.45, 2.75) is 45.1 Å². The van der Waals surface area contributed by atoms with Crippen molar-refractivity contribution < 1.29 is 0 Å². The summed E-state index contributed by atoms with van der Waals surface area (Å²) in [4.78, 5) is 4.36. The minimum atomic E-state index is 0.238. The molecule has 110 valence electrons. The monoisotopic (exact) mass is 280 g/mol. The fourth-order valence-corrected chi connectivity index (χ4v) is 3.10. The van der Waals surface area contributed by atoms with Crippen LogP contribution < -0.4 is 5.32 Å². The maximum atomic E-state index is 4.36. The van der Waals surface area contributed by atoms with Gasteiger partial charge in [0.25, 0.3) is 0 Å². The molecule has 1 heterocycles. The minimum absolute atomic E-state index is 0.238. The van der Waals surface area contributed by atoms with Crippen molar-refractivity contribution in [2.24, 2.45) is 0 Å². The molecule has 1 unspecified atom stereocenters. The first-order chi connectivity index (χ1) is 10.3. The van der Waals surface area contributed by atoms with Crippen LogP contribution in [-0.4, -0.2) is 11.5 Å². The third kappa shape index (κ3) is 3.16. The van der Waals surface area contributed by atoms with Gasteiger partial charge < -0.3 is 5.32 Å². The van der Waals surface area contributed by atoms with E-state index in [0.717, 1.165) is 12.5 Å². The summed E-state index contributed by atoms with van der Waals surface area (Å²) in [7, 11) is 0. The summed E-state index contributed by atoms with van der Waals surface area (Å²) < 4.78 is 0. The zero-order valence-corrected chi connectivity index (χ0v) is 13.0. The molecule has 1 aromatic carbocycles. The molecule has 2 aromatic rings. The minimum Gasteiger partial charge on any atom is -0.306 e. The fourth-order valence-electron chi connectivity index (χ4n) is 3.10. The van der Waals surface area contributed by atoms with Crippen molar-refractivity contribution in [1.29, 1.82) is 0 Å². The third-order valence-electron chi connectivity index (χ3n) is 4.46. The maximum absolute atomic E-state index is 4.36. The van der Waals surface area contributed by atoms with E-state index < -0.39 is 0 Å². The van der Waals surface area contributed by atoms with E-state index in [4.69, 9.17) is 0 Å². The highest BCUT2D eigenvalue weighted by Gasteiger charge is 2.21. The van der Waals surface area contributed by atoms with Crippen LogP contribution in [0.2, 0.25) is 0 Å². The van der Waals surface area contributed by atoms with E-state index in [-0.39, 0.29) is 6.04 Å². The zero-order valence-electron chi connectivity index (χ0n) is 13.0. The van der Waals surface area contributed by atoms with Gasteiger partial charge in [-0.15, -0.1) is 0 Å². The van der Waals surface area contributed by atoms with Gasteiger partial charge in [0, 0.05) is 12.4 Å². The summed E-state index contributed by atoms with van der Waals surface area (Å²) in [5, 5.41) is 3.60. The number of aromatic nitrogens is 1. The summed E-state index contributed by atoms with van der Waals surface area (Å²) in [6, 6.07) is 11.6. The molecule has 0 radical (unpaired) electrons. The Morgan fingerprint density at radius 2 is 2.05 bits per heavy atom. The van der Waals surface area contributed by atoms with Crippen LogP contribution >= 0.6 is 0 Å². The van der Waals surface area contributed by atoms with E-state index in [9.17, 15) is 0 Å². The lowest BCUT2D eigenvalue weighted by Crippen LogP contribution is -2.22. The van der Waals surface area contributed by atoms with Crippen molar-refractivity contribution >= 4 is 0 Å². The first kappa shape index (κ1) is 14.3. The summed E-state index contributed by atoms with van der Waals surface area (Å²) in [5.41, 5.74) is 5.32. The van der Waals surface area contributed by atoms with Gasteiger partial charge in [0.15, 0.2) is 0 Å². The van der Waals surface area contributed by atoms with E-state index >= 15 is 0 Å². The van der Waals surface area contributed by atoms with Gasteiger partial charge in [0.1, 0.15) is 0 Å². The molecule has 1 fully saturated rings. The molecule has 1 N–H and O–H groups in total.